The molecule has 0 amide bonds. The van der Waals surface area contributed by atoms with Gasteiger partial charge in [-0.15, -0.1) is 0 Å². The topological polar surface area (TPSA) is 53.1 Å². The van der Waals surface area contributed by atoms with Gasteiger partial charge in [0.25, 0.3) is 0 Å². The van der Waals surface area contributed by atoms with Gasteiger partial charge in [-0.1, -0.05) is 18.0 Å². The number of rotatable bonds is 4. The van der Waals surface area contributed by atoms with Crippen LogP contribution in [-0.2, 0) is 0 Å². The number of fused-ring (bicyclic) bond motifs is 2. The minimum Gasteiger partial charge on any atom is -0.384 e. The first kappa shape index (κ1) is 13.7. The summed E-state index contributed by atoms with van der Waals surface area (Å²) in [5.41, 5.74) is 7.23. The minimum atomic E-state index is 0.0253. The summed E-state index contributed by atoms with van der Waals surface area (Å²) in [4.78, 5) is 2.29. The van der Waals surface area contributed by atoms with Crippen molar-refractivity contribution in [3.63, 3.8) is 0 Å². The third kappa shape index (κ3) is 2.51. The molecular weight excluding hydrogens is 270 g/mol. The summed E-state index contributed by atoms with van der Waals surface area (Å²) in [6.07, 6.45) is 5.72. The second-order valence-electron chi connectivity index (χ2n) is 6.39. The lowest BCUT2D eigenvalue weighted by Gasteiger charge is -2.28. The van der Waals surface area contributed by atoms with Crippen LogP contribution in [0.2, 0.25) is 5.02 Å². The molecule has 0 radical (unpaired) electrons. The fourth-order valence-corrected chi connectivity index (χ4v) is 4.29. The van der Waals surface area contributed by atoms with Crippen LogP contribution >= 0.6 is 11.6 Å². The van der Waals surface area contributed by atoms with Gasteiger partial charge in [0.2, 0.25) is 0 Å². The molecule has 0 heterocycles. The van der Waals surface area contributed by atoms with Gasteiger partial charge in [0.15, 0.2) is 0 Å². The molecule has 2 saturated carbocycles. The molecule has 2 aliphatic rings. The summed E-state index contributed by atoms with van der Waals surface area (Å²) < 4.78 is 0. The highest BCUT2D eigenvalue weighted by Crippen LogP contribution is 2.48. The summed E-state index contributed by atoms with van der Waals surface area (Å²) in [5, 5.41) is 8.04. The molecule has 2 aliphatic carbocycles. The first-order chi connectivity index (χ1) is 9.54. The Bertz CT molecular complexity index is 528. The molecule has 1 aromatic rings. The lowest BCUT2D eigenvalue weighted by atomic mass is 9.88. The standard InChI is InChI=1S/C16H22ClN3/c1-20(9-12-7-10-2-3-11(12)6-10)13-4-5-14(16(18)19)15(17)8-13/h4-5,8,10-12H,2-3,6-7,9H2,1H3,(H3,18,19). The van der Waals surface area contributed by atoms with Gasteiger partial charge in [0.05, 0.1) is 5.02 Å². The van der Waals surface area contributed by atoms with Crippen molar-refractivity contribution < 1.29 is 0 Å². The Morgan fingerprint density at radius 1 is 1.40 bits per heavy atom. The summed E-state index contributed by atoms with van der Waals surface area (Å²) in [5.74, 6) is 2.79. The zero-order chi connectivity index (χ0) is 14.3. The van der Waals surface area contributed by atoms with E-state index < -0.39 is 0 Å². The van der Waals surface area contributed by atoms with E-state index in [1.165, 1.54) is 25.7 Å². The van der Waals surface area contributed by atoms with Crippen molar-refractivity contribution in [1.82, 2.24) is 0 Å². The van der Waals surface area contributed by atoms with Crippen molar-refractivity contribution in [2.24, 2.45) is 23.5 Å². The van der Waals surface area contributed by atoms with Crippen LogP contribution in [0.4, 0.5) is 5.69 Å². The molecular formula is C16H22ClN3. The second-order valence-corrected chi connectivity index (χ2v) is 6.80. The van der Waals surface area contributed by atoms with E-state index in [4.69, 9.17) is 22.7 Å². The first-order valence-corrected chi connectivity index (χ1v) is 7.77. The SMILES string of the molecule is CN(CC1CC2CCC1C2)c1ccc(C(=N)N)c(Cl)c1. The van der Waals surface area contributed by atoms with E-state index in [1.54, 1.807) is 0 Å². The van der Waals surface area contributed by atoms with Crippen molar-refractivity contribution in [2.45, 2.75) is 25.7 Å². The Balaban J connectivity index is 1.69. The largest absolute Gasteiger partial charge is 0.384 e. The van der Waals surface area contributed by atoms with Crippen LogP contribution in [-0.4, -0.2) is 19.4 Å². The average molecular weight is 292 g/mol. The van der Waals surface area contributed by atoms with E-state index in [9.17, 15) is 0 Å². The molecule has 0 aromatic heterocycles. The number of hydrogen-bond acceptors (Lipinski definition) is 2. The fraction of sp³-hybridized carbons (Fsp3) is 0.562. The predicted molar refractivity (Wildman–Crippen MR) is 84.7 cm³/mol. The Morgan fingerprint density at radius 2 is 2.20 bits per heavy atom. The second kappa shape index (κ2) is 5.28. The van der Waals surface area contributed by atoms with E-state index in [1.807, 2.05) is 18.2 Å². The van der Waals surface area contributed by atoms with Crippen molar-refractivity contribution in [1.29, 1.82) is 5.41 Å². The molecule has 0 spiro atoms. The number of nitrogen functional groups attached to an aromatic ring is 1. The summed E-state index contributed by atoms with van der Waals surface area (Å²) in [6, 6.07) is 5.78. The van der Waals surface area contributed by atoms with E-state index in [-0.39, 0.29) is 5.84 Å². The highest BCUT2D eigenvalue weighted by molar-refractivity contribution is 6.34. The van der Waals surface area contributed by atoms with Gasteiger partial charge in [-0.3, -0.25) is 5.41 Å². The summed E-state index contributed by atoms with van der Waals surface area (Å²) in [6.45, 7) is 1.11. The lowest BCUT2D eigenvalue weighted by molar-refractivity contribution is 0.337. The molecule has 3 N–H and O–H groups in total. The third-order valence-corrected chi connectivity index (χ3v) is 5.39. The summed E-state index contributed by atoms with van der Waals surface area (Å²) >= 11 is 6.20. The summed E-state index contributed by atoms with van der Waals surface area (Å²) in [7, 11) is 2.13. The molecule has 20 heavy (non-hydrogen) atoms. The number of nitrogens with zero attached hydrogens (tertiary/aromatic N) is 1. The Morgan fingerprint density at radius 3 is 2.75 bits per heavy atom. The normalized spacial score (nSPS) is 27.8. The molecule has 3 atom stereocenters. The number of halogens is 1. The van der Waals surface area contributed by atoms with E-state index >= 15 is 0 Å². The maximum Gasteiger partial charge on any atom is 0.124 e. The number of nitrogens with two attached hydrogens (primary N) is 1. The highest BCUT2D eigenvalue weighted by Gasteiger charge is 2.39. The van der Waals surface area contributed by atoms with Crippen LogP contribution in [0.3, 0.4) is 0 Å². The van der Waals surface area contributed by atoms with Gasteiger partial charge >= 0.3 is 0 Å². The molecule has 0 saturated heterocycles. The van der Waals surface area contributed by atoms with Gasteiger partial charge in [0.1, 0.15) is 5.84 Å². The Hall–Kier alpha value is -1.22. The van der Waals surface area contributed by atoms with Gasteiger partial charge < -0.3 is 10.6 Å². The molecule has 3 unspecified atom stereocenters. The van der Waals surface area contributed by atoms with Crippen molar-refractivity contribution in [3.05, 3.63) is 28.8 Å². The van der Waals surface area contributed by atoms with Crippen LogP contribution < -0.4 is 10.6 Å². The highest BCUT2D eigenvalue weighted by atomic mass is 35.5. The van der Waals surface area contributed by atoms with Crippen molar-refractivity contribution in [3.8, 4) is 0 Å². The molecule has 1 aromatic carbocycles. The monoisotopic (exact) mass is 291 g/mol. The minimum absolute atomic E-state index is 0.0253. The molecule has 0 aliphatic heterocycles. The molecule has 3 nitrogen and oxygen atoms in total. The third-order valence-electron chi connectivity index (χ3n) is 5.08. The van der Waals surface area contributed by atoms with Crippen LogP contribution in [0, 0.1) is 23.2 Å². The van der Waals surface area contributed by atoms with E-state index in [0.29, 0.717) is 10.6 Å². The van der Waals surface area contributed by atoms with Crippen LogP contribution in [0.1, 0.15) is 31.2 Å². The number of benzene rings is 1. The zero-order valence-corrected chi connectivity index (χ0v) is 12.7. The number of amidine groups is 1. The maximum atomic E-state index is 7.47. The van der Waals surface area contributed by atoms with Gasteiger partial charge in [-0.25, -0.2) is 0 Å². The number of hydrogen-bond donors (Lipinski definition) is 2. The quantitative estimate of drug-likeness (QED) is 0.659. The van der Waals surface area contributed by atoms with Crippen molar-refractivity contribution in [2.75, 3.05) is 18.5 Å². The Kier molecular flexibility index (Phi) is 3.63. The smallest absolute Gasteiger partial charge is 0.124 e. The Labute approximate surface area is 125 Å². The molecule has 3 rings (SSSR count). The molecule has 2 fully saturated rings. The zero-order valence-electron chi connectivity index (χ0n) is 11.9. The van der Waals surface area contributed by atoms with Crippen LogP contribution in [0.5, 0.6) is 0 Å². The molecule has 2 bridgehead atoms. The van der Waals surface area contributed by atoms with Crippen LogP contribution in [0.25, 0.3) is 0 Å². The van der Waals surface area contributed by atoms with Gasteiger partial charge in [-0.2, -0.15) is 0 Å². The fourth-order valence-electron chi connectivity index (χ4n) is 4.02. The molecule has 4 heteroatoms. The number of anilines is 1. The first-order valence-electron chi connectivity index (χ1n) is 7.39. The average Bonchev–Trinajstić information content (AvgIpc) is 3.00. The van der Waals surface area contributed by atoms with Crippen LogP contribution in [0.15, 0.2) is 18.2 Å². The predicted octanol–water partition coefficient (Wildman–Crippen LogP) is 3.50. The van der Waals surface area contributed by atoms with Gasteiger partial charge in [0, 0.05) is 24.8 Å². The maximum absolute atomic E-state index is 7.47. The number of nitrogens with one attached hydrogen (secondary N) is 1. The molecule has 108 valence electrons. The van der Waals surface area contributed by atoms with E-state index in [2.05, 4.69) is 11.9 Å². The van der Waals surface area contributed by atoms with E-state index in [0.717, 1.165) is 30.0 Å². The lowest BCUT2D eigenvalue weighted by Crippen LogP contribution is -2.28. The van der Waals surface area contributed by atoms with Gasteiger partial charge in [-0.05, 0) is 55.2 Å². The van der Waals surface area contributed by atoms with Crippen molar-refractivity contribution >= 4 is 23.1 Å².